The van der Waals surface area contributed by atoms with Gasteiger partial charge in [0, 0.05) is 30.9 Å². The average Bonchev–Trinajstić information content (AvgIpc) is 2.75. The van der Waals surface area contributed by atoms with Crippen molar-refractivity contribution in [2.24, 2.45) is 7.05 Å². The lowest BCUT2D eigenvalue weighted by molar-refractivity contribution is 0.167. The number of benzene rings is 1. The first-order valence-corrected chi connectivity index (χ1v) is 6.36. The number of aryl methyl sites for hydroxylation is 3. The molecule has 1 atom stereocenters. The zero-order valence-corrected chi connectivity index (χ0v) is 11.4. The molecule has 0 spiro atoms. The second-order valence-corrected chi connectivity index (χ2v) is 4.86. The van der Waals surface area contributed by atoms with Crippen LogP contribution in [0.4, 0.5) is 0 Å². The predicted octanol–water partition coefficient (Wildman–Crippen LogP) is 3.05. The summed E-state index contributed by atoms with van der Waals surface area (Å²) in [6.45, 7) is 1.94. The number of rotatable bonds is 4. The van der Waals surface area contributed by atoms with Crippen molar-refractivity contribution < 1.29 is 5.11 Å². The van der Waals surface area contributed by atoms with Crippen molar-refractivity contribution >= 4 is 11.6 Å². The van der Waals surface area contributed by atoms with Gasteiger partial charge in [0.25, 0.3) is 0 Å². The second kappa shape index (κ2) is 5.55. The number of aliphatic hydroxyl groups excluding tert-OH is 1. The Morgan fingerprint density at radius 1 is 1.44 bits per heavy atom. The van der Waals surface area contributed by atoms with Crippen molar-refractivity contribution in [3.05, 3.63) is 52.6 Å². The number of aromatic nitrogens is 2. The molecule has 1 N–H and O–H groups in total. The summed E-state index contributed by atoms with van der Waals surface area (Å²) in [6, 6.07) is 5.73. The van der Waals surface area contributed by atoms with Crippen molar-refractivity contribution in [1.82, 2.24) is 9.55 Å². The van der Waals surface area contributed by atoms with E-state index in [1.54, 1.807) is 6.20 Å². The van der Waals surface area contributed by atoms with Gasteiger partial charge in [0.05, 0.1) is 6.10 Å². The first-order valence-electron chi connectivity index (χ1n) is 5.99. The minimum atomic E-state index is -0.547. The molecule has 0 saturated heterocycles. The molecule has 0 aliphatic carbocycles. The Kier molecular flexibility index (Phi) is 4.04. The SMILES string of the molecule is Cc1cccc(C(O)CCc2nccn2C)c1Cl. The van der Waals surface area contributed by atoms with Crippen LogP contribution in [0.15, 0.2) is 30.6 Å². The summed E-state index contributed by atoms with van der Waals surface area (Å²) in [7, 11) is 1.95. The summed E-state index contributed by atoms with van der Waals surface area (Å²) in [4.78, 5) is 4.24. The van der Waals surface area contributed by atoms with Gasteiger partial charge in [-0.15, -0.1) is 0 Å². The molecule has 2 aromatic rings. The normalized spacial score (nSPS) is 12.7. The standard InChI is InChI=1S/C14H17ClN2O/c1-10-4-3-5-11(14(10)15)12(18)6-7-13-16-8-9-17(13)2/h3-5,8-9,12,18H,6-7H2,1-2H3. The van der Waals surface area contributed by atoms with Gasteiger partial charge in [0.1, 0.15) is 5.82 Å². The molecular weight excluding hydrogens is 248 g/mol. The van der Waals surface area contributed by atoms with E-state index < -0.39 is 6.10 Å². The minimum Gasteiger partial charge on any atom is -0.388 e. The van der Waals surface area contributed by atoms with E-state index >= 15 is 0 Å². The lowest BCUT2D eigenvalue weighted by Crippen LogP contribution is -2.04. The van der Waals surface area contributed by atoms with E-state index in [2.05, 4.69) is 4.98 Å². The third-order valence-corrected chi connectivity index (χ3v) is 3.66. The second-order valence-electron chi connectivity index (χ2n) is 4.49. The number of halogens is 1. The molecule has 18 heavy (non-hydrogen) atoms. The van der Waals surface area contributed by atoms with Crippen LogP contribution in [0.2, 0.25) is 5.02 Å². The van der Waals surface area contributed by atoms with Crippen LogP contribution in [-0.4, -0.2) is 14.7 Å². The molecule has 0 amide bonds. The predicted molar refractivity (Wildman–Crippen MR) is 72.7 cm³/mol. The summed E-state index contributed by atoms with van der Waals surface area (Å²) >= 11 is 6.20. The highest BCUT2D eigenvalue weighted by atomic mass is 35.5. The first-order chi connectivity index (χ1) is 8.59. The molecule has 0 saturated carbocycles. The van der Waals surface area contributed by atoms with Gasteiger partial charge in [-0.2, -0.15) is 0 Å². The topological polar surface area (TPSA) is 38.1 Å². The quantitative estimate of drug-likeness (QED) is 0.922. The Morgan fingerprint density at radius 2 is 2.22 bits per heavy atom. The molecule has 1 heterocycles. The molecular formula is C14H17ClN2O. The van der Waals surface area contributed by atoms with E-state index in [1.165, 1.54) is 0 Å². The van der Waals surface area contributed by atoms with Gasteiger partial charge in [-0.1, -0.05) is 29.8 Å². The molecule has 0 aliphatic rings. The van der Waals surface area contributed by atoms with Gasteiger partial charge >= 0.3 is 0 Å². The molecule has 4 heteroatoms. The Balaban J connectivity index is 2.06. The molecule has 1 aromatic heterocycles. The van der Waals surface area contributed by atoms with Crippen LogP contribution < -0.4 is 0 Å². The van der Waals surface area contributed by atoms with E-state index in [0.29, 0.717) is 11.4 Å². The van der Waals surface area contributed by atoms with Crippen molar-refractivity contribution in [2.45, 2.75) is 25.9 Å². The summed E-state index contributed by atoms with van der Waals surface area (Å²) in [5, 5.41) is 10.9. The third kappa shape index (κ3) is 2.74. The van der Waals surface area contributed by atoms with Gasteiger partial charge in [-0.3, -0.25) is 0 Å². The first kappa shape index (κ1) is 13.1. The van der Waals surface area contributed by atoms with Crippen LogP contribution in [0.3, 0.4) is 0 Å². The molecule has 96 valence electrons. The summed E-state index contributed by atoms with van der Waals surface area (Å²) in [5.41, 5.74) is 1.79. The van der Waals surface area contributed by atoms with Gasteiger partial charge in [0.2, 0.25) is 0 Å². The third-order valence-electron chi connectivity index (χ3n) is 3.14. The molecule has 0 aliphatic heterocycles. The van der Waals surface area contributed by atoms with Gasteiger partial charge < -0.3 is 9.67 Å². The van der Waals surface area contributed by atoms with Crippen molar-refractivity contribution in [3.8, 4) is 0 Å². The smallest absolute Gasteiger partial charge is 0.108 e. The van der Waals surface area contributed by atoms with Crippen LogP contribution in [-0.2, 0) is 13.5 Å². The number of aliphatic hydroxyl groups is 1. The van der Waals surface area contributed by atoms with Gasteiger partial charge in [-0.25, -0.2) is 4.98 Å². The molecule has 0 fully saturated rings. The van der Waals surface area contributed by atoms with Crippen LogP contribution in [0.1, 0.15) is 29.5 Å². The zero-order chi connectivity index (χ0) is 13.1. The fourth-order valence-corrected chi connectivity index (χ4v) is 2.24. The van der Waals surface area contributed by atoms with E-state index in [1.807, 2.05) is 42.9 Å². The van der Waals surface area contributed by atoms with E-state index in [9.17, 15) is 5.11 Å². The monoisotopic (exact) mass is 264 g/mol. The van der Waals surface area contributed by atoms with Crippen LogP contribution in [0, 0.1) is 6.92 Å². The van der Waals surface area contributed by atoms with Crippen molar-refractivity contribution in [1.29, 1.82) is 0 Å². The summed E-state index contributed by atoms with van der Waals surface area (Å²) < 4.78 is 1.96. The van der Waals surface area contributed by atoms with E-state index in [4.69, 9.17) is 11.6 Å². The highest BCUT2D eigenvalue weighted by Gasteiger charge is 2.13. The van der Waals surface area contributed by atoms with Crippen LogP contribution >= 0.6 is 11.6 Å². The van der Waals surface area contributed by atoms with Crippen molar-refractivity contribution in [3.63, 3.8) is 0 Å². The maximum Gasteiger partial charge on any atom is 0.108 e. The molecule has 1 unspecified atom stereocenters. The number of imidazole rings is 1. The number of hydrogen-bond acceptors (Lipinski definition) is 2. The Morgan fingerprint density at radius 3 is 2.89 bits per heavy atom. The average molecular weight is 265 g/mol. The molecule has 0 radical (unpaired) electrons. The van der Waals surface area contributed by atoms with Crippen LogP contribution in [0.5, 0.6) is 0 Å². The highest BCUT2D eigenvalue weighted by Crippen LogP contribution is 2.28. The summed E-state index contributed by atoms with van der Waals surface area (Å²) in [6.07, 6.45) is 4.47. The van der Waals surface area contributed by atoms with Gasteiger partial charge in [0.15, 0.2) is 0 Å². The van der Waals surface area contributed by atoms with Gasteiger partial charge in [-0.05, 0) is 24.5 Å². The number of hydrogen-bond donors (Lipinski definition) is 1. The van der Waals surface area contributed by atoms with Crippen LogP contribution in [0.25, 0.3) is 0 Å². The number of nitrogens with zero attached hydrogens (tertiary/aromatic N) is 2. The van der Waals surface area contributed by atoms with E-state index in [-0.39, 0.29) is 0 Å². The summed E-state index contributed by atoms with van der Waals surface area (Å²) in [5.74, 6) is 0.970. The Bertz CT molecular complexity index is 536. The highest BCUT2D eigenvalue weighted by molar-refractivity contribution is 6.32. The Hall–Kier alpha value is -1.32. The molecule has 0 bridgehead atoms. The maximum atomic E-state index is 10.2. The fourth-order valence-electron chi connectivity index (χ4n) is 1.99. The van der Waals surface area contributed by atoms with E-state index in [0.717, 1.165) is 23.4 Å². The minimum absolute atomic E-state index is 0.547. The molecule has 1 aromatic carbocycles. The van der Waals surface area contributed by atoms with Crippen molar-refractivity contribution in [2.75, 3.05) is 0 Å². The molecule has 3 nitrogen and oxygen atoms in total. The fraction of sp³-hybridized carbons (Fsp3) is 0.357. The zero-order valence-electron chi connectivity index (χ0n) is 10.6. The largest absolute Gasteiger partial charge is 0.388 e. The molecule has 2 rings (SSSR count). The Labute approximate surface area is 112 Å². The lowest BCUT2D eigenvalue weighted by atomic mass is 10.0. The lowest BCUT2D eigenvalue weighted by Gasteiger charge is -2.13. The maximum absolute atomic E-state index is 10.2.